The van der Waals surface area contributed by atoms with Gasteiger partial charge in [-0.3, -0.25) is 4.90 Å². The number of thiazole rings is 1. The summed E-state index contributed by atoms with van der Waals surface area (Å²) >= 11 is 7.56. The number of anilines is 1. The quantitative estimate of drug-likeness (QED) is 0.864. The number of fused-ring (bicyclic) bond motifs is 1. The zero-order valence-electron chi connectivity index (χ0n) is 11.8. The molecule has 2 aromatic rings. The number of nitrogens with zero attached hydrogens (tertiary/aromatic N) is 3. The Hall–Kier alpha value is -1.10. The van der Waals surface area contributed by atoms with E-state index < -0.39 is 0 Å². The first-order chi connectivity index (χ1) is 10.3. The predicted molar refractivity (Wildman–Crippen MR) is 88.0 cm³/mol. The number of hydrogen-bond donors (Lipinski definition) is 0. The molecule has 3 heterocycles. The lowest BCUT2D eigenvalue weighted by atomic mass is 10.0. The molecule has 2 atom stereocenters. The van der Waals surface area contributed by atoms with E-state index in [2.05, 4.69) is 45.1 Å². The van der Waals surface area contributed by atoms with Crippen molar-refractivity contribution in [2.24, 2.45) is 11.8 Å². The number of hydrogen-bond acceptors (Lipinski definition) is 4. The number of likely N-dealkylation sites (tertiary alicyclic amines) is 1. The molecule has 3 nitrogen and oxygen atoms in total. The lowest BCUT2D eigenvalue weighted by Crippen LogP contribution is -2.28. The van der Waals surface area contributed by atoms with Gasteiger partial charge in [0.1, 0.15) is 9.34 Å². The number of para-hydroxylation sites is 1. The minimum Gasteiger partial charge on any atom is -0.371 e. The first kappa shape index (κ1) is 13.6. The maximum atomic E-state index is 5.96. The fourth-order valence-corrected chi connectivity index (χ4v) is 4.62. The molecule has 0 bridgehead atoms. The molecule has 2 aliphatic rings. The molecule has 5 heteroatoms. The van der Waals surface area contributed by atoms with Gasteiger partial charge in [-0.2, -0.15) is 0 Å². The molecule has 0 N–H and O–H groups in total. The van der Waals surface area contributed by atoms with Crippen molar-refractivity contribution in [1.29, 1.82) is 0 Å². The van der Waals surface area contributed by atoms with Crippen molar-refractivity contribution in [2.75, 3.05) is 31.1 Å². The molecule has 2 fully saturated rings. The number of rotatable bonds is 3. The van der Waals surface area contributed by atoms with E-state index in [1.165, 1.54) is 31.9 Å². The number of halogens is 1. The van der Waals surface area contributed by atoms with Crippen molar-refractivity contribution in [1.82, 2.24) is 9.88 Å². The van der Waals surface area contributed by atoms with Crippen molar-refractivity contribution in [2.45, 2.75) is 6.54 Å². The maximum absolute atomic E-state index is 5.96. The van der Waals surface area contributed by atoms with Crippen LogP contribution in [0.5, 0.6) is 0 Å². The van der Waals surface area contributed by atoms with Gasteiger partial charge in [0.2, 0.25) is 0 Å². The van der Waals surface area contributed by atoms with Gasteiger partial charge in [0, 0.05) is 31.9 Å². The van der Waals surface area contributed by atoms with Crippen LogP contribution in [0.2, 0.25) is 4.34 Å². The summed E-state index contributed by atoms with van der Waals surface area (Å²) in [6, 6.07) is 10.8. The van der Waals surface area contributed by atoms with Gasteiger partial charge in [-0.05, 0) is 24.0 Å². The van der Waals surface area contributed by atoms with Gasteiger partial charge < -0.3 is 4.90 Å². The van der Waals surface area contributed by atoms with E-state index >= 15 is 0 Å². The van der Waals surface area contributed by atoms with Crippen molar-refractivity contribution >= 4 is 28.6 Å². The predicted octanol–water partition coefficient (Wildman–Crippen LogP) is 3.36. The molecular formula is C16H18ClN3S. The Balaban J connectivity index is 1.37. The average molecular weight is 320 g/mol. The van der Waals surface area contributed by atoms with Gasteiger partial charge in [0.25, 0.3) is 0 Å². The van der Waals surface area contributed by atoms with Crippen molar-refractivity contribution in [3.63, 3.8) is 0 Å². The minimum absolute atomic E-state index is 0.791. The normalized spacial score (nSPS) is 25.5. The Morgan fingerprint density at radius 3 is 2.43 bits per heavy atom. The molecule has 1 aromatic carbocycles. The van der Waals surface area contributed by atoms with Gasteiger partial charge in [0.05, 0.1) is 12.7 Å². The minimum atomic E-state index is 0.791. The Morgan fingerprint density at radius 1 is 1.10 bits per heavy atom. The Labute approximate surface area is 134 Å². The standard InChI is InChI=1S/C16H18ClN3S/c17-15-6-18-16(21-15)11-19-7-12-9-20(10-13(12)8-19)14-4-2-1-3-5-14/h1-6,12-13H,7-11H2/t12-,13-/m1/s1. The topological polar surface area (TPSA) is 19.4 Å². The second-order valence-corrected chi connectivity index (χ2v) is 7.76. The van der Waals surface area contributed by atoms with E-state index in [-0.39, 0.29) is 0 Å². The summed E-state index contributed by atoms with van der Waals surface area (Å²) in [7, 11) is 0. The van der Waals surface area contributed by atoms with Crippen LogP contribution in [0, 0.1) is 11.8 Å². The van der Waals surface area contributed by atoms with E-state index in [1.807, 2.05) is 0 Å². The third-order valence-corrected chi connectivity index (χ3v) is 5.67. The molecule has 2 saturated heterocycles. The van der Waals surface area contributed by atoms with Crippen LogP contribution in [0.4, 0.5) is 5.69 Å². The molecule has 21 heavy (non-hydrogen) atoms. The summed E-state index contributed by atoms with van der Waals surface area (Å²) in [5.74, 6) is 1.58. The molecule has 0 spiro atoms. The highest BCUT2D eigenvalue weighted by atomic mass is 35.5. The lowest BCUT2D eigenvalue weighted by molar-refractivity contribution is 0.308. The van der Waals surface area contributed by atoms with Gasteiger partial charge in [-0.1, -0.05) is 29.8 Å². The second kappa shape index (κ2) is 5.59. The highest BCUT2D eigenvalue weighted by molar-refractivity contribution is 7.15. The van der Waals surface area contributed by atoms with Gasteiger partial charge in [-0.25, -0.2) is 4.98 Å². The number of aromatic nitrogens is 1. The van der Waals surface area contributed by atoms with Crippen LogP contribution in [-0.2, 0) is 6.54 Å². The van der Waals surface area contributed by atoms with Gasteiger partial charge >= 0.3 is 0 Å². The summed E-state index contributed by atoms with van der Waals surface area (Å²) in [5.41, 5.74) is 1.37. The highest BCUT2D eigenvalue weighted by Gasteiger charge is 2.40. The van der Waals surface area contributed by atoms with E-state index in [1.54, 1.807) is 17.5 Å². The van der Waals surface area contributed by atoms with Gasteiger partial charge in [-0.15, -0.1) is 11.3 Å². The molecule has 110 valence electrons. The molecule has 0 saturated carbocycles. The van der Waals surface area contributed by atoms with E-state index in [0.717, 1.165) is 27.7 Å². The lowest BCUT2D eigenvalue weighted by Gasteiger charge is -2.22. The smallest absolute Gasteiger partial charge is 0.113 e. The Bertz CT molecular complexity index is 601. The first-order valence-corrected chi connectivity index (χ1v) is 8.60. The summed E-state index contributed by atoms with van der Waals surface area (Å²) in [6.45, 7) is 5.69. The summed E-state index contributed by atoms with van der Waals surface area (Å²) < 4.78 is 0.791. The monoisotopic (exact) mass is 319 g/mol. The van der Waals surface area contributed by atoms with Crippen LogP contribution < -0.4 is 4.90 Å². The van der Waals surface area contributed by atoms with Crippen molar-refractivity contribution in [3.05, 3.63) is 45.9 Å². The summed E-state index contributed by atoms with van der Waals surface area (Å²) in [4.78, 5) is 9.44. The first-order valence-electron chi connectivity index (χ1n) is 7.40. The third kappa shape index (κ3) is 2.80. The molecule has 2 aliphatic heterocycles. The van der Waals surface area contributed by atoms with Crippen molar-refractivity contribution in [3.8, 4) is 0 Å². The third-order valence-electron chi connectivity index (χ3n) is 4.57. The highest BCUT2D eigenvalue weighted by Crippen LogP contribution is 2.34. The van der Waals surface area contributed by atoms with Crippen molar-refractivity contribution < 1.29 is 0 Å². The van der Waals surface area contributed by atoms with E-state index in [0.29, 0.717) is 0 Å². The summed E-state index contributed by atoms with van der Waals surface area (Å²) in [5, 5.41) is 1.14. The maximum Gasteiger partial charge on any atom is 0.113 e. The van der Waals surface area contributed by atoms with Crippen LogP contribution in [0.25, 0.3) is 0 Å². The van der Waals surface area contributed by atoms with Crippen LogP contribution in [0.15, 0.2) is 36.5 Å². The van der Waals surface area contributed by atoms with E-state index in [4.69, 9.17) is 11.6 Å². The van der Waals surface area contributed by atoms with E-state index in [9.17, 15) is 0 Å². The fourth-order valence-electron chi connectivity index (χ4n) is 3.62. The molecule has 0 unspecified atom stereocenters. The SMILES string of the molecule is Clc1cnc(CN2C[C@@H]3CN(c4ccccc4)C[C@H]3C2)s1. The van der Waals surface area contributed by atoms with Crippen LogP contribution in [-0.4, -0.2) is 36.1 Å². The fraction of sp³-hybridized carbons (Fsp3) is 0.438. The molecule has 0 amide bonds. The molecule has 0 radical (unpaired) electrons. The molecular weight excluding hydrogens is 302 g/mol. The Kier molecular flexibility index (Phi) is 3.61. The zero-order chi connectivity index (χ0) is 14.2. The summed E-state index contributed by atoms with van der Waals surface area (Å²) in [6.07, 6.45) is 1.76. The van der Waals surface area contributed by atoms with Crippen LogP contribution in [0.3, 0.4) is 0 Å². The molecule has 4 rings (SSSR count). The molecule has 1 aromatic heterocycles. The number of benzene rings is 1. The van der Waals surface area contributed by atoms with Gasteiger partial charge in [0.15, 0.2) is 0 Å². The largest absolute Gasteiger partial charge is 0.371 e. The van der Waals surface area contributed by atoms with Crippen LogP contribution >= 0.6 is 22.9 Å². The average Bonchev–Trinajstić information content (AvgIpc) is 3.15. The Morgan fingerprint density at radius 2 is 1.81 bits per heavy atom. The second-order valence-electron chi connectivity index (χ2n) is 6.01. The molecule has 0 aliphatic carbocycles. The zero-order valence-corrected chi connectivity index (χ0v) is 13.4. The van der Waals surface area contributed by atoms with Crippen LogP contribution in [0.1, 0.15) is 5.01 Å².